The van der Waals surface area contributed by atoms with Crippen molar-refractivity contribution in [1.29, 1.82) is 0 Å². The number of aromatic nitrogens is 1. The number of pyridine rings is 1. The van der Waals surface area contributed by atoms with Gasteiger partial charge in [-0.3, -0.25) is 14.9 Å². The van der Waals surface area contributed by atoms with Crippen LogP contribution in [0.5, 0.6) is 0 Å². The molecule has 8 nitrogen and oxygen atoms in total. The number of non-ortho nitro benzene ring substituents is 1. The number of anilines is 1. The van der Waals surface area contributed by atoms with Crippen LogP contribution in [0.1, 0.15) is 40.0 Å². The van der Waals surface area contributed by atoms with Gasteiger partial charge in [-0.25, -0.2) is 9.78 Å². The van der Waals surface area contributed by atoms with Crippen LogP contribution in [-0.4, -0.2) is 28.4 Å². The van der Waals surface area contributed by atoms with Crippen molar-refractivity contribution in [3.8, 4) is 0 Å². The number of nitrogens with zero attached hydrogens (tertiary/aromatic N) is 2. The standard InChI is InChI=1S/C29H22BrN3O5/c30-20-6-4-7-21(16-20)31-26(34)17-38-29(35)27-23-8-1-2-10-25(23)32-28-19(5-3-9-24(27)28)15-18-11-13-22(14-12-18)33(36)37/h1-2,4,6-8,10-16H,3,5,9,17H2,(H,31,34)/b19-15-. The van der Waals surface area contributed by atoms with E-state index in [4.69, 9.17) is 9.72 Å². The minimum absolute atomic E-state index is 0.0225. The molecule has 38 heavy (non-hydrogen) atoms. The molecule has 0 saturated carbocycles. The van der Waals surface area contributed by atoms with Crippen LogP contribution in [-0.2, 0) is 16.0 Å². The van der Waals surface area contributed by atoms with Gasteiger partial charge in [-0.05, 0) is 78.4 Å². The number of nitrogens with one attached hydrogen (secondary N) is 1. The average molecular weight is 572 g/mol. The number of hydrogen-bond acceptors (Lipinski definition) is 6. The summed E-state index contributed by atoms with van der Waals surface area (Å²) in [5.74, 6) is -1.02. The number of esters is 1. The predicted octanol–water partition coefficient (Wildman–Crippen LogP) is 6.58. The second-order valence-electron chi connectivity index (χ2n) is 8.84. The number of para-hydroxylation sites is 1. The number of carbonyl (C=O) groups excluding carboxylic acids is 2. The van der Waals surface area contributed by atoms with E-state index in [0.717, 1.165) is 34.0 Å². The molecule has 1 aromatic heterocycles. The Bertz CT molecular complexity index is 1600. The van der Waals surface area contributed by atoms with Crippen molar-refractivity contribution in [2.24, 2.45) is 0 Å². The number of halogens is 1. The molecule has 1 heterocycles. The van der Waals surface area contributed by atoms with Crippen LogP contribution in [0.3, 0.4) is 0 Å². The van der Waals surface area contributed by atoms with Crippen molar-refractivity contribution >= 4 is 61.7 Å². The minimum atomic E-state index is -0.583. The van der Waals surface area contributed by atoms with Crippen LogP contribution in [0, 0.1) is 10.1 Å². The Morgan fingerprint density at radius 2 is 1.84 bits per heavy atom. The van der Waals surface area contributed by atoms with Crippen LogP contribution < -0.4 is 5.32 Å². The number of carbonyl (C=O) groups is 2. The second-order valence-corrected chi connectivity index (χ2v) is 9.75. The summed E-state index contributed by atoms with van der Waals surface area (Å²) in [6.07, 6.45) is 4.14. The highest BCUT2D eigenvalue weighted by molar-refractivity contribution is 9.10. The first-order valence-electron chi connectivity index (χ1n) is 12.0. The number of nitro benzene ring substituents is 1. The number of ether oxygens (including phenoxy) is 1. The molecule has 4 aromatic rings. The highest BCUT2D eigenvalue weighted by Crippen LogP contribution is 2.36. The van der Waals surface area contributed by atoms with E-state index < -0.39 is 23.4 Å². The smallest absolute Gasteiger partial charge is 0.339 e. The molecule has 0 fully saturated rings. The molecule has 0 saturated heterocycles. The van der Waals surface area contributed by atoms with Crippen LogP contribution >= 0.6 is 15.9 Å². The molecule has 3 aromatic carbocycles. The van der Waals surface area contributed by atoms with Gasteiger partial charge in [0.05, 0.1) is 21.7 Å². The summed E-state index contributed by atoms with van der Waals surface area (Å²) >= 11 is 3.36. The third kappa shape index (κ3) is 5.47. The molecule has 190 valence electrons. The largest absolute Gasteiger partial charge is 0.452 e. The number of benzene rings is 3. The number of hydrogen-bond donors (Lipinski definition) is 1. The number of allylic oxidation sites excluding steroid dienone is 1. The fourth-order valence-electron chi connectivity index (χ4n) is 4.57. The van der Waals surface area contributed by atoms with Crippen molar-refractivity contribution in [3.63, 3.8) is 0 Å². The van der Waals surface area contributed by atoms with Gasteiger partial charge in [0.2, 0.25) is 0 Å². The van der Waals surface area contributed by atoms with Crippen LogP contribution in [0.2, 0.25) is 0 Å². The van der Waals surface area contributed by atoms with E-state index in [-0.39, 0.29) is 5.69 Å². The first-order valence-corrected chi connectivity index (χ1v) is 12.8. The summed E-state index contributed by atoms with van der Waals surface area (Å²) in [6.45, 7) is -0.428. The fourth-order valence-corrected chi connectivity index (χ4v) is 4.97. The molecule has 1 N–H and O–H groups in total. The molecule has 1 aliphatic carbocycles. The van der Waals surface area contributed by atoms with Crippen LogP contribution in [0.4, 0.5) is 11.4 Å². The summed E-state index contributed by atoms with van der Waals surface area (Å²) in [4.78, 5) is 41.3. The quantitative estimate of drug-likeness (QED) is 0.159. The monoisotopic (exact) mass is 571 g/mol. The Morgan fingerprint density at radius 1 is 1.05 bits per heavy atom. The molecule has 1 amide bonds. The molecule has 0 aliphatic heterocycles. The van der Waals surface area contributed by atoms with Crippen molar-refractivity contribution in [3.05, 3.63) is 110 Å². The molecular formula is C29H22BrN3O5. The fraction of sp³-hybridized carbons (Fsp3) is 0.138. The van der Waals surface area contributed by atoms with Crippen molar-refractivity contribution in [1.82, 2.24) is 4.98 Å². The summed E-state index contributed by atoms with van der Waals surface area (Å²) < 4.78 is 6.30. The zero-order valence-electron chi connectivity index (χ0n) is 20.1. The third-order valence-electron chi connectivity index (χ3n) is 6.26. The van der Waals surface area contributed by atoms with Gasteiger partial charge in [-0.1, -0.05) is 40.2 Å². The zero-order chi connectivity index (χ0) is 26.6. The molecule has 1 aliphatic rings. The van der Waals surface area contributed by atoms with Gasteiger partial charge in [-0.15, -0.1) is 0 Å². The number of rotatable bonds is 6. The Hall–Kier alpha value is -4.37. The van der Waals surface area contributed by atoms with E-state index in [9.17, 15) is 19.7 Å². The molecule has 0 unspecified atom stereocenters. The van der Waals surface area contributed by atoms with Gasteiger partial charge in [0, 0.05) is 27.7 Å². The average Bonchev–Trinajstić information content (AvgIpc) is 2.91. The van der Waals surface area contributed by atoms with E-state index >= 15 is 0 Å². The minimum Gasteiger partial charge on any atom is -0.452 e. The lowest BCUT2D eigenvalue weighted by Gasteiger charge is -2.22. The van der Waals surface area contributed by atoms with E-state index in [2.05, 4.69) is 21.2 Å². The molecule has 5 rings (SSSR count). The summed E-state index contributed by atoms with van der Waals surface area (Å²) in [5.41, 5.74) is 4.90. The second kappa shape index (κ2) is 10.9. The van der Waals surface area contributed by atoms with Gasteiger partial charge >= 0.3 is 5.97 Å². The van der Waals surface area contributed by atoms with E-state index in [1.165, 1.54) is 12.1 Å². The van der Waals surface area contributed by atoms with E-state index in [1.54, 1.807) is 30.3 Å². The zero-order valence-corrected chi connectivity index (χ0v) is 21.7. The summed E-state index contributed by atoms with van der Waals surface area (Å²) in [7, 11) is 0. The Kier molecular flexibility index (Phi) is 7.28. The van der Waals surface area contributed by atoms with Gasteiger partial charge in [-0.2, -0.15) is 0 Å². The number of nitro groups is 1. The van der Waals surface area contributed by atoms with Crippen molar-refractivity contribution < 1.29 is 19.2 Å². The highest BCUT2D eigenvalue weighted by Gasteiger charge is 2.26. The normalized spacial score (nSPS) is 13.7. The lowest BCUT2D eigenvalue weighted by atomic mass is 9.86. The van der Waals surface area contributed by atoms with Crippen molar-refractivity contribution in [2.45, 2.75) is 19.3 Å². The SMILES string of the molecule is O=C(COC(=O)c1c2c(nc3ccccc13)/C(=C\c1ccc([N+](=O)[O-])cc1)CCC2)Nc1cccc(Br)c1. The summed E-state index contributed by atoms with van der Waals surface area (Å²) in [6, 6.07) is 20.8. The molecular weight excluding hydrogens is 550 g/mol. The Labute approximate surface area is 226 Å². The maximum absolute atomic E-state index is 13.4. The maximum atomic E-state index is 13.4. The van der Waals surface area contributed by atoms with E-state index in [0.29, 0.717) is 34.3 Å². The Morgan fingerprint density at radius 3 is 2.61 bits per heavy atom. The molecule has 0 atom stereocenters. The molecule has 0 radical (unpaired) electrons. The van der Waals surface area contributed by atoms with E-state index in [1.807, 2.05) is 36.4 Å². The first-order chi connectivity index (χ1) is 18.4. The molecule has 0 spiro atoms. The molecule has 9 heteroatoms. The lowest BCUT2D eigenvalue weighted by Crippen LogP contribution is -2.22. The Balaban J connectivity index is 1.45. The number of fused-ring (bicyclic) bond motifs is 2. The first kappa shape index (κ1) is 25.3. The van der Waals surface area contributed by atoms with Gasteiger partial charge < -0.3 is 10.1 Å². The maximum Gasteiger partial charge on any atom is 0.339 e. The summed E-state index contributed by atoms with van der Waals surface area (Å²) in [5, 5.41) is 14.4. The van der Waals surface area contributed by atoms with Gasteiger partial charge in [0.25, 0.3) is 11.6 Å². The van der Waals surface area contributed by atoms with Crippen LogP contribution in [0.15, 0.2) is 77.3 Å². The lowest BCUT2D eigenvalue weighted by molar-refractivity contribution is -0.384. The van der Waals surface area contributed by atoms with Gasteiger partial charge in [0.1, 0.15) is 0 Å². The predicted molar refractivity (Wildman–Crippen MR) is 149 cm³/mol. The van der Waals surface area contributed by atoms with Gasteiger partial charge in [0.15, 0.2) is 6.61 Å². The van der Waals surface area contributed by atoms with Crippen LogP contribution in [0.25, 0.3) is 22.6 Å². The topological polar surface area (TPSA) is 111 Å². The highest BCUT2D eigenvalue weighted by atomic mass is 79.9. The molecule has 0 bridgehead atoms. The number of amides is 1. The van der Waals surface area contributed by atoms with Crippen molar-refractivity contribution in [2.75, 3.05) is 11.9 Å². The third-order valence-corrected chi connectivity index (χ3v) is 6.76.